The first-order valence-corrected chi connectivity index (χ1v) is 5.83. The largest absolute Gasteiger partial charge is 0.463 e. The van der Waals surface area contributed by atoms with Crippen LogP contribution in [0.2, 0.25) is 0 Å². The molecule has 1 unspecified atom stereocenters. The average Bonchev–Trinajstić information content (AvgIpc) is 2.36. The van der Waals surface area contributed by atoms with Crippen LogP contribution in [0.4, 0.5) is 0 Å². The van der Waals surface area contributed by atoms with Crippen molar-refractivity contribution in [1.29, 1.82) is 0 Å². The summed E-state index contributed by atoms with van der Waals surface area (Å²) in [6.45, 7) is 5.35. The number of carbonyl (C=O) groups excluding carboxylic acids is 2. The fourth-order valence-electron chi connectivity index (χ4n) is 1.26. The Labute approximate surface area is 106 Å². The number of hydrogen-bond acceptors (Lipinski definition) is 5. The van der Waals surface area contributed by atoms with E-state index in [-0.39, 0.29) is 12.5 Å². The molecular formula is C13H17NO4. The van der Waals surface area contributed by atoms with Crippen molar-refractivity contribution in [3.05, 3.63) is 30.1 Å². The van der Waals surface area contributed by atoms with Gasteiger partial charge in [0, 0.05) is 18.0 Å². The molecule has 1 heterocycles. The Bertz CT molecular complexity index is 403. The maximum absolute atomic E-state index is 11.8. The number of pyridine rings is 1. The van der Waals surface area contributed by atoms with E-state index in [2.05, 4.69) is 4.98 Å². The van der Waals surface area contributed by atoms with Gasteiger partial charge in [-0.15, -0.1) is 0 Å². The van der Waals surface area contributed by atoms with E-state index >= 15 is 0 Å². The number of ether oxygens (including phenoxy) is 2. The lowest BCUT2D eigenvalue weighted by atomic mass is 10.1. The monoisotopic (exact) mass is 251 g/mol. The summed E-state index contributed by atoms with van der Waals surface area (Å²) < 4.78 is 10.1. The Morgan fingerprint density at radius 2 is 1.83 bits per heavy atom. The molecule has 18 heavy (non-hydrogen) atoms. The summed E-state index contributed by atoms with van der Waals surface area (Å²) in [5, 5.41) is 0. The smallest absolute Gasteiger partial charge is 0.352 e. The van der Waals surface area contributed by atoms with Gasteiger partial charge in [0.25, 0.3) is 0 Å². The van der Waals surface area contributed by atoms with Crippen molar-refractivity contribution in [2.45, 2.75) is 26.9 Å². The Hall–Kier alpha value is -1.91. The molecule has 5 nitrogen and oxygen atoms in total. The lowest BCUT2D eigenvalue weighted by Crippen LogP contribution is -2.24. The van der Waals surface area contributed by atoms with Crippen LogP contribution < -0.4 is 0 Å². The molecule has 1 aromatic heterocycles. The van der Waals surface area contributed by atoms with Gasteiger partial charge in [0.05, 0.1) is 12.5 Å². The number of esters is 2. The maximum atomic E-state index is 11.8. The summed E-state index contributed by atoms with van der Waals surface area (Å²) >= 11 is 0. The fourth-order valence-corrected chi connectivity index (χ4v) is 1.26. The van der Waals surface area contributed by atoms with Gasteiger partial charge >= 0.3 is 11.9 Å². The minimum atomic E-state index is -1.03. The molecule has 0 amide bonds. The number of carbonyl (C=O) groups is 2. The predicted molar refractivity (Wildman–Crippen MR) is 64.5 cm³/mol. The number of aromatic nitrogens is 1. The molecule has 0 aliphatic heterocycles. The minimum absolute atomic E-state index is 0.236. The predicted octanol–water partition coefficient (Wildman–Crippen LogP) is 1.89. The fraction of sp³-hybridized carbons (Fsp3) is 0.462. The summed E-state index contributed by atoms with van der Waals surface area (Å²) in [5.74, 6) is -1.31. The lowest BCUT2D eigenvalue weighted by molar-refractivity contribution is -0.170. The molecule has 5 heteroatoms. The van der Waals surface area contributed by atoms with E-state index in [9.17, 15) is 9.59 Å². The highest BCUT2D eigenvalue weighted by Crippen LogP contribution is 2.20. The highest BCUT2D eigenvalue weighted by molar-refractivity contribution is 5.81. The van der Waals surface area contributed by atoms with Crippen molar-refractivity contribution in [3.63, 3.8) is 0 Å². The summed E-state index contributed by atoms with van der Waals surface area (Å²) in [6, 6.07) is 3.24. The number of hydrogen-bond donors (Lipinski definition) is 0. The van der Waals surface area contributed by atoms with Crippen LogP contribution in [0.3, 0.4) is 0 Å². The van der Waals surface area contributed by atoms with Crippen molar-refractivity contribution >= 4 is 11.9 Å². The first-order valence-electron chi connectivity index (χ1n) is 5.83. The maximum Gasteiger partial charge on any atom is 0.352 e. The Morgan fingerprint density at radius 1 is 1.22 bits per heavy atom. The van der Waals surface area contributed by atoms with E-state index in [0.717, 1.165) is 0 Å². The number of rotatable bonds is 5. The van der Waals surface area contributed by atoms with Crippen molar-refractivity contribution in [2.75, 3.05) is 6.61 Å². The van der Waals surface area contributed by atoms with Gasteiger partial charge in [0.15, 0.2) is 0 Å². The van der Waals surface area contributed by atoms with Crippen LogP contribution in [0.1, 0.15) is 32.4 Å². The van der Waals surface area contributed by atoms with Gasteiger partial charge in [-0.25, -0.2) is 4.79 Å². The second-order valence-electron chi connectivity index (χ2n) is 4.00. The third kappa shape index (κ3) is 3.84. The van der Waals surface area contributed by atoms with E-state index in [1.165, 1.54) is 12.4 Å². The van der Waals surface area contributed by atoms with Crippen molar-refractivity contribution in [1.82, 2.24) is 4.98 Å². The van der Waals surface area contributed by atoms with Gasteiger partial charge < -0.3 is 9.47 Å². The van der Waals surface area contributed by atoms with Gasteiger partial charge in [-0.2, -0.15) is 0 Å². The molecule has 0 saturated heterocycles. The molecule has 0 radical (unpaired) electrons. The SMILES string of the molecule is CCOC(=O)C(OC(=O)C(C)C)c1ccncc1. The molecular weight excluding hydrogens is 234 g/mol. The summed E-state index contributed by atoms with van der Waals surface area (Å²) in [7, 11) is 0. The van der Waals surface area contributed by atoms with Crippen LogP contribution in [-0.2, 0) is 19.1 Å². The van der Waals surface area contributed by atoms with Crippen molar-refractivity contribution in [3.8, 4) is 0 Å². The minimum Gasteiger partial charge on any atom is -0.463 e. The summed E-state index contributed by atoms with van der Waals surface area (Å²) in [4.78, 5) is 27.2. The molecule has 0 N–H and O–H groups in total. The second kappa shape index (κ2) is 6.74. The Kier molecular flexibility index (Phi) is 5.30. The first-order chi connectivity index (χ1) is 8.56. The van der Waals surface area contributed by atoms with Crippen LogP contribution >= 0.6 is 0 Å². The molecule has 1 rings (SSSR count). The first kappa shape index (κ1) is 14.2. The van der Waals surface area contributed by atoms with Crippen LogP contribution in [0, 0.1) is 5.92 Å². The molecule has 0 aliphatic rings. The van der Waals surface area contributed by atoms with Crippen molar-refractivity contribution < 1.29 is 19.1 Å². The highest BCUT2D eigenvalue weighted by atomic mass is 16.6. The Balaban J connectivity index is 2.89. The summed E-state index contributed by atoms with van der Waals surface area (Å²) in [5.41, 5.74) is 0.553. The zero-order valence-electron chi connectivity index (χ0n) is 10.8. The lowest BCUT2D eigenvalue weighted by Gasteiger charge is -2.17. The second-order valence-corrected chi connectivity index (χ2v) is 4.00. The Morgan fingerprint density at radius 3 is 2.33 bits per heavy atom. The zero-order chi connectivity index (χ0) is 13.5. The van der Waals surface area contributed by atoms with Crippen LogP contribution in [0.5, 0.6) is 0 Å². The molecule has 0 aliphatic carbocycles. The van der Waals surface area contributed by atoms with Gasteiger partial charge in [-0.05, 0) is 19.1 Å². The molecule has 0 fully saturated rings. The molecule has 0 bridgehead atoms. The molecule has 1 atom stereocenters. The van der Waals surface area contributed by atoms with Gasteiger partial charge in [-0.3, -0.25) is 9.78 Å². The average molecular weight is 251 g/mol. The van der Waals surface area contributed by atoms with Gasteiger partial charge in [0.2, 0.25) is 6.10 Å². The molecule has 1 aromatic rings. The standard InChI is InChI=1S/C13H17NO4/c1-4-17-13(16)11(18-12(15)9(2)3)10-5-7-14-8-6-10/h5-9,11H,4H2,1-3H3. The molecule has 0 saturated carbocycles. The van der Waals surface area contributed by atoms with Crippen LogP contribution in [0.25, 0.3) is 0 Å². The highest BCUT2D eigenvalue weighted by Gasteiger charge is 2.27. The third-order valence-corrected chi connectivity index (χ3v) is 2.21. The number of nitrogens with zero attached hydrogens (tertiary/aromatic N) is 1. The molecule has 0 aromatic carbocycles. The third-order valence-electron chi connectivity index (χ3n) is 2.21. The molecule has 98 valence electrons. The van der Waals surface area contributed by atoms with Crippen LogP contribution in [0.15, 0.2) is 24.5 Å². The van der Waals surface area contributed by atoms with E-state index in [4.69, 9.17) is 9.47 Å². The van der Waals surface area contributed by atoms with E-state index in [0.29, 0.717) is 5.56 Å². The zero-order valence-corrected chi connectivity index (χ0v) is 10.8. The van der Waals surface area contributed by atoms with E-state index < -0.39 is 18.0 Å². The van der Waals surface area contributed by atoms with Gasteiger partial charge in [-0.1, -0.05) is 13.8 Å². The topological polar surface area (TPSA) is 65.5 Å². The normalized spacial score (nSPS) is 12.0. The van der Waals surface area contributed by atoms with E-state index in [1.54, 1.807) is 32.9 Å². The van der Waals surface area contributed by atoms with Crippen molar-refractivity contribution in [2.24, 2.45) is 5.92 Å². The quantitative estimate of drug-likeness (QED) is 0.747. The van der Waals surface area contributed by atoms with Gasteiger partial charge in [0.1, 0.15) is 0 Å². The molecule has 0 spiro atoms. The van der Waals surface area contributed by atoms with E-state index in [1.807, 2.05) is 0 Å². The van der Waals surface area contributed by atoms with Crippen LogP contribution in [-0.4, -0.2) is 23.5 Å². The summed E-state index contributed by atoms with van der Waals surface area (Å²) in [6.07, 6.45) is 2.04.